The van der Waals surface area contributed by atoms with E-state index in [0.717, 1.165) is 17.1 Å². The van der Waals surface area contributed by atoms with Crippen molar-refractivity contribution in [3.63, 3.8) is 0 Å². The minimum atomic E-state index is 1.11. The predicted octanol–water partition coefficient (Wildman–Crippen LogP) is 15.8. The molecule has 0 unspecified atom stereocenters. The van der Waals surface area contributed by atoms with E-state index in [0.29, 0.717) is 0 Å². The van der Waals surface area contributed by atoms with Gasteiger partial charge in [-0.2, -0.15) is 0 Å². The molecule has 0 aliphatic carbocycles. The van der Waals surface area contributed by atoms with E-state index < -0.39 is 0 Å². The van der Waals surface area contributed by atoms with Gasteiger partial charge in [0.05, 0.1) is 0 Å². The maximum absolute atomic E-state index is 2.42. The van der Waals surface area contributed by atoms with E-state index in [-0.39, 0.29) is 0 Å². The van der Waals surface area contributed by atoms with Crippen molar-refractivity contribution < 1.29 is 0 Å². The highest BCUT2D eigenvalue weighted by molar-refractivity contribution is 6.22. The van der Waals surface area contributed by atoms with Gasteiger partial charge in [-0.15, -0.1) is 0 Å². The second kappa shape index (κ2) is 15.0. The van der Waals surface area contributed by atoms with Crippen LogP contribution in [0, 0.1) is 0 Å². The van der Waals surface area contributed by atoms with Gasteiger partial charge >= 0.3 is 0 Å². The van der Waals surface area contributed by atoms with Crippen LogP contribution in [0.1, 0.15) is 0 Å². The second-order valence-electron chi connectivity index (χ2n) is 14.5. The third-order valence-corrected chi connectivity index (χ3v) is 11.1. The molecule has 0 saturated heterocycles. The molecule has 0 aliphatic rings. The highest BCUT2D eigenvalue weighted by Gasteiger charge is 2.20. The third-order valence-electron chi connectivity index (χ3n) is 11.1. The normalized spacial score (nSPS) is 11.2. The number of hydrogen-bond acceptors (Lipinski definition) is 1. The zero-order valence-corrected chi connectivity index (χ0v) is 31.5. The van der Waals surface area contributed by atoms with E-state index >= 15 is 0 Å². The first-order chi connectivity index (χ1) is 28.3. The molecule has 0 amide bonds. The fraction of sp³-hybridized carbons (Fsp3) is 0. The van der Waals surface area contributed by atoms with E-state index in [1.54, 1.807) is 0 Å². The molecule has 0 atom stereocenters. The Morgan fingerprint density at radius 2 is 0.561 bits per heavy atom. The Labute approximate surface area is 334 Å². The molecular formula is C56H39N. The largest absolute Gasteiger partial charge is 0.311 e. The predicted molar refractivity (Wildman–Crippen MR) is 243 cm³/mol. The van der Waals surface area contributed by atoms with Crippen LogP contribution in [-0.4, -0.2) is 0 Å². The fourth-order valence-corrected chi connectivity index (χ4v) is 8.42. The lowest BCUT2D eigenvalue weighted by Gasteiger charge is -2.25. The highest BCUT2D eigenvalue weighted by Crippen LogP contribution is 2.47. The van der Waals surface area contributed by atoms with Crippen molar-refractivity contribution >= 4 is 38.6 Å². The van der Waals surface area contributed by atoms with Crippen LogP contribution in [0.2, 0.25) is 0 Å². The van der Waals surface area contributed by atoms with Gasteiger partial charge < -0.3 is 4.90 Å². The van der Waals surface area contributed by atoms with Crippen LogP contribution in [0.3, 0.4) is 0 Å². The lowest BCUT2D eigenvalue weighted by molar-refractivity contribution is 1.28. The first-order valence-electron chi connectivity index (χ1n) is 19.6. The van der Waals surface area contributed by atoms with Gasteiger partial charge in [0.1, 0.15) is 0 Å². The molecule has 0 aromatic heterocycles. The Morgan fingerprint density at radius 1 is 0.211 bits per heavy atom. The van der Waals surface area contributed by atoms with Gasteiger partial charge in [0.15, 0.2) is 0 Å². The summed E-state index contributed by atoms with van der Waals surface area (Å²) in [6.45, 7) is 0. The van der Waals surface area contributed by atoms with Gasteiger partial charge in [0.2, 0.25) is 0 Å². The zero-order chi connectivity index (χ0) is 38.0. The van der Waals surface area contributed by atoms with Crippen LogP contribution in [0.5, 0.6) is 0 Å². The lowest BCUT2D eigenvalue weighted by atomic mass is 9.83. The number of rotatable bonds is 8. The summed E-state index contributed by atoms with van der Waals surface area (Å²) >= 11 is 0. The van der Waals surface area contributed by atoms with E-state index in [1.165, 1.54) is 77.2 Å². The molecule has 0 fully saturated rings. The number of nitrogens with zero attached hydrogens (tertiary/aromatic N) is 1. The molecule has 0 N–H and O–H groups in total. The molecular weight excluding hydrogens is 687 g/mol. The standard InChI is InChI=1S/C56H39N/c1-6-18-41(19-7-1)49-28-16-17-29-50(49)45-33-37-52-54(39-45)56(43-22-10-3-11-23-43)51-36-32-44(38-53(51)55(52)42-20-8-2-9-21-42)40-30-34-48(35-31-40)57(46-24-12-4-13-25-46)47-26-14-5-15-27-47/h1-39H. The molecule has 1 nitrogen and oxygen atoms in total. The lowest BCUT2D eigenvalue weighted by Crippen LogP contribution is -2.09. The van der Waals surface area contributed by atoms with Crippen molar-refractivity contribution in [1.29, 1.82) is 0 Å². The summed E-state index contributed by atoms with van der Waals surface area (Å²) in [5.41, 5.74) is 15.5. The summed E-state index contributed by atoms with van der Waals surface area (Å²) in [6.07, 6.45) is 0. The van der Waals surface area contributed by atoms with E-state index in [1.807, 2.05) is 0 Å². The quantitative estimate of drug-likeness (QED) is 0.141. The van der Waals surface area contributed by atoms with Crippen molar-refractivity contribution in [3.05, 3.63) is 237 Å². The summed E-state index contributed by atoms with van der Waals surface area (Å²) in [5, 5.41) is 4.96. The fourth-order valence-electron chi connectivity index (χ4n) is 8.42. The maximum Gasteiger partial charge on any atom is 0.0462 e. The topological polar surface area (TPSA) is 3.24 Å². The molecule has 0 bridgehead atoms. The van der Waals surface area contributed by atoms with Crippen molar-refractivity contribution in [3.8, 4) is 55.6 Å². The van der Waals surface area contributed by atoms with E-state index in [4.69, 9.17) is 0 Å². The van der Waals surface area contributed by atoms with Crippen LogP contribution in [0.25, 0.3) is 77.2 Å². The van der Waals surface area contributed by atoms with Crippen molar-refractivity contribution in [2.75, 3.05) is 4.90 Å². The molecule has 268 valence electrons. The summed E-state index contributed by atoms with van der Waals surface area (Å²) in [6, 6.07) is 85.5. The zero-order valence-electron chi connectivity index (χ0n) is 31.5. The smallest absolute Gasteiger partial charge is 0.0462 e. The Bertz CT molecular complexity index is 2920. The van der Waals surface area contributed by atoms with Gasteiger partial charge in [-0.25, -0.2) is 0 Å². The van der Waals surface area contributed by atoms with Gasteiger partial charge in [0, 0.05) is 17.1 Å². The minimum absolute atomic E-state index is 1.11. The second-order valence-corrected chi connectivity index (χ2v) is 14.5. The molecule has 10 rings (SSSR count). The van der Waals surface area contributed by atoms with Crippen LogP contribution in [0.4, 0.5) is 17.1 Å². The molecule has 0 saturated carbocycles. The Balaban J connectivity index is 1.18. The van der Waals surface area contributed by atoms with Crippen LogP contribution < -0.4 is 4.90 Å². The summed E-state index contributed by atoms with van der Waals surface area (Å²) in [4.78, 5) is 2.31. The van der Waals surface area contributed by atoms with Gasteiger partial charge in [-0.1, -0.05) is 188 Å². The Kier molecular flexibility index (Phi) is 8.95. The third kappa shape index (κ3) is 6.46. The van der Waals surface area contributed by atoms with Crippen LogP contribution >= 0.6 is 0 Å². The summed E-state index contributed by atoms with van der Waals surface area (Å²) in [5.74, 6) is 0. The minimum Gasteiger partial charge on any atom is -0.311 e. The Hall–Kier alpha value is -7.48. The summed E-state index contributed by atoms with van der Waals surface area (Å²) in [7, 11) is 0. The first kappa shape index (κ1) is 34.0. The Morgan fingerprint density at radius 3 is 1.05 bits per heavy atom. The monoisotopic (exact) mass is 725 g/mol. The van der Waals surface area contributed by atoms with Crippen LogP contribution in [-0.2, 0) is 0 Å². The highest BCUT2D eigenvalue weighted by atomic mass is 15.1. The van der Waals surface area contributed by atoms with Crippen molar-refractivity contribution in [2.24, 2.45) is 0 Å². The van der Waals surface area contributed by atoms with Crippen LogP contribution in [0.15, 0.2) is 237 Å². The maximum atomic E-state index is 2.42. The van der Waals surface area contributed by atoms with Crippen molar-refractivity contribution in [2.45, 2.75) is 0 Å². The molecule has 10 aromatic carbocycles. The van der Waals surface area contributed by atoms with Gasteiger partial charge in [0.25, 0.3) is 0 Å². The number of anilines is 3. The molecule has 0 aliphatic heterocycles. The molecule has 57 heavy (non-hydrogen) atoms. The molecule has 0 spiro atoms. The van der Waals surface area contributed by atoms with Crippen molar-refractivity contribution in [1.82, 2.24) is 0 Å². The van der Waals surface area contributed by atoms with E-state index in [9.17, 15) is 0 Å². The SMILES string of the molecule is c1ccc(-c2ccccc2-c2ccc3c(-c4ccccc4)c4cc(-c5ccc(N(c6ccccc6)c6ccccc6)cc5)ccc4c(-c4ccccc4)c3c2)cc1. The number of para-hydroxylation sites is 2. The molecule has 1 heteroatoms. The van der Waals surface area contributed by atoms with Gasteiger partial charge in [-0.3, -0.25) is 0 Å². The number of benzene rings is 10. The average Bonchev–Trinajstić information content (AvgIpc) is 3.30. The van der Waals surface area contributed by atoms with Gasteiger partial charge in [-0.05, 0) is 126 Å². The summed E-state index contributed by atoms with van der Waals surface area (Å²) < 4.78 is 0. The molecule has 0 radical (unpaired) electrons. The molecule has 0 heterocycles. The number of fused-ring (bicyclic) bond motifs is 2. The van der Waals surface area contributed by atoms with E-state index in [2.05, 4.69) is 241 Å². The molecule has 10 aromatic rings. The first-order valence-corrected chi connectivity index (χ1v) is 19.6. The number of hydrogen-bond donors (Lipinski definition) is 0. The average molecular weight is 726 g/mol.